The minimum absolute atomic E-state index is 0.230. The summed E-state index contributed by atoms with van der Waals surface area (Å²) in [5, 5.41) is 8.50. The molecule has 0 fully saturated rings. The van der Waals surface area contributed by atoms with E-state index in [1.165, 1.54) is 0 Å². The zero-order valence-corrected chi connectivity index (χ0v) is 8.70. The summed E-state index contributed by atoms with van der Waals surface area (Å²) in [5.74, 6) is -0.750. The number of nitrogens with zero attached hydrogens (tertiary/aromatic N) is 2. The monoisotopic (exact) mass is 230 g/mol. The average molecular weight is 231 g/mol. The van der Waals surface area contributed by atoms with E-state index in [0.29, 0.717) is 13.1 Å². The molecule has 0 atom stereocenters. The highest BCUT2D eigenvalue weighted by Gasteiger charge is 2.04. The molecule has 0 aromatic carbocycles. The Morgan fingerprint density at radius 1 is 1.47 bits per heavy atom. The number of carbonyl (C=O) groups excluding carboxylic acids is 2. The third-order valence-corrected chi connectivity index (χ3v) is 1.80. The lowest BCUT2D eigenvalue weighted by atomic mass is 10.6. The highest BCUT2D eigenvalue weighted by molar-refractivity contribution is 6.28. The SMILES string of the molecule is O=C(CCl)NC(=O)NCCn1cccn1. The smallest absolute Gasteiger partial charge is 0.321 e. The number of rotatable bonds is 4. The van der Waals surface area contributed by atoms with Crippen molar-refractivity contribution in [1.29, 1.82) is 0 Å². The molecule has 82 valence electrons. The van der Waals surface area contributed by atoms with Crippen molar-refractivity contribution in [3.8, 4) is 0 Å². The maximum Gasteiger partial charge on any atom is 0.321 e. The van der Waals surface area contributed by atoms with Crippen LogP contribution in [-0.2, 0) is 11.3 Å². The number of amides is 3. The van der Waals surface area contributed by atoms with Crippen LogP contribution in [0.5, 0.6) is 0 Å². The molecule has 0 saturated heterocycles. The van der Waals surface area contributed by atoms with Gasteiger partial charge in [-0.3, -0.25) is 14.8 Å². The van der Waals surface area contributed by atoms with Crippen LogP contribution in [0.25, 0.3) is 0 Å². The summed E-state index contributed by atoms with van der Waals surface area (Å²) in [6.07, 6.45) is 3.43. The summed E-state index contributed by atoms with van der Waals surface area (Å²) >= 11 is 5.21. The van der Waals surface area contributed by atoms with Gasteiger partial charge in [0.05, 0.1) is 6.54 Å². The lowest BCUT2D eigenvalue weighted by Crippen LogP contribution is -2.41. The second kappa shape index (κ2) is 6.02. The topological polar surface area (TPSA) is 76.0 Å². The molecular weight excluding hydrogens is 220 g/mol. The molecule has 0 saturated carbocycles. The Morgan fingerprint density at radius 3 is 2.87 bits per heavy atom. The minimum Gasteiger partial charge on any atom is -0.336 e. The quantitative estimate of drug-likeness (QED) is 0.712. The zero-order valence-electron chi connectivity index (χ0n) is 7.94. The third kappa shape index (κ3) is 4.46. The molecule has 0 aliphatic heterocycles. The normalized spacial score (nSPS) is 9.67. The first-order valence-electron chi connectivity index (χ1n) is 4.33. The second-order valence-electron chi connectivity index (χ2n) is 2.71. The van der Waals surface area contributed by atoms with Crippen molar-refractivity contribution in [2.75, 3.05) is 12.4 Å². The molecule has 0 unspecified atom stereocenters. The maximum atomic E-state index is 11.0. The van der Waals surface area contributed by atoms with Crippen LogP contribution in [0, 0.1) is 0 Å². The maximum absolute atomic E-state index is 11.0. The van der Waals surface area contributed by atoms with Crippen LogP contribution in [0.3, 0.4) is 0 Å². The Morgan fingerprint density at radius 2 is 2.27 bits per heavy atom. The van der Waals surface area contributed by atoms with E-state index in [2.05, 4.69) is 15.7 Å². The first kappa shape index (κ1) is 11.5. The number of urea groups is 1. The summed E-state index contributed by atoms with van der Waals surface area (Å²) in [7, 11) is 0. The number of hydrogen-bond donors (Lipinski definition) is 2. The fourth-order valence-electron chi connectivity index (χ4n) is 0.921. The predicted molar refractivity (Wildman–Crippen MR) is 54.5 cm³/mol. The number of alkyl halides is 1. The molecule has 2 N–H and O–H groups in total. The van der Waals surface area contributed by atoms with Gasteiger partial charge in [-0.2, -0.15) is 5.10 Å². The van der Waals surface area contributed by atoms with E-state index < -0.39 is 11.9 Å². The molecule has 1 rings (SSSR count). The van der Waals surface area contributed by atoms with E-state index in [9.17, 15) is 9.59 Å². The fraction of sp³-hybridized carbons (Fsp3) is 0.375. The predicted octanol–water partition coefficient (Wildman–Crippen LogP) is -0.0523. The van der Waals surface area contributed by atoms with Crippen molar-refractivity contribution < 1.29 is 9.59 Å². The van der Waals surface area contributed by atoms with E-state index in [1.807, 2.05) is 0 Å². The highest BCUT2D eigenvalue weighted by Crippen LogP contribution is 1.82. The number of nitrogens with one attached hydrogen (secondary N) is 2. The third-order valence-electron chi connectivity index (χ3n) is 1.56. The van der Waals surface area contributed by atoms with Crippen LogP contribution in [0.4, 0.5) is 4.79 Å². The van der Waals surface area contributed by atoms with E-state index in [-0.39, 0.29) is 5.88 Å². The average Bonchev–Trinajstić information content (AvgIpc) is 2.70. The Labute approximate surface area is 91.6 Å². The Bertz CT molecular complexity index is 325. The van der Waals surface area contributed by atoms with Crippen LogP contribution < -0.4 is 10.6 Å². The van der Waals surface area contributed by atoms with Gasteiger partial charge in [-0.15, -0.1) is 11.6 Å². The van der Waals surface area contributed by atoms with Gasteiger partial charge in [0.2, 0.25) is 5.91 Å². The molecule has 1 aromatic rings. The van der Waals surface area contributed by atoms with Gasteiger partial charge in [0, 0.05) is 18.9 Å². The molecule has 7 heteroatoms. The van der Waals surface area contributed by atoms with Crippen LogP contribution in [0.1, 0.15) is 0 Å². The van der Waals surface area contributed by atoms with Crippen molar-refractivity contribution in [2.45, 2.75) is 6.54 Å². The molecule has 0 aliphatic carbocycles. The lowest BCUT2D eigenvalue weighted by Gasteiger charge is -2.05. The van der Waals surface area contributed by atoms with Gasteiger partial charge in [-0.25, -0.2) is 4.79 Å². The Kier molecular flexibility index (Phi) is 4.62. The van der Waals surface area contributed by atoms with Gasteiger partial charge in [-0.05, 0) is 6.07 Å². The van der Waals surface area contributed by atoms with Gasteiger partial charge in [-0.1, -0.05) is 0 Å². The van der Waals surface area contributed by atoms with Gasteiger partial charge in [0.15, 0.2) is 0 Å². The summed E-state index contributed by atoms with van der Waals surface area (Å²) in [6.45, 7) is 0.943. The number of halogens is 1. The Hall–Kier alpha value is -1.56. The van der Waals surface area contributed by atoms with Crippen molar-refractivity contribution in [2.24, 2.45) is 0 Å². The van der Waals surface area contributed by atoms with Gasteiger partial charge >= 0.3 is 6.03 Å². The summed E-state index contributed by atoms with van der Waals surface area (Å²) in [4.78, 5) is 21.7. The molecule has 0 bridgehead atoms. The van der Waals surface area contributed by atoms with Crippen LogP contribution in [0.2, 0.25) is 0 Å². The molecule has 0 aliphatic rings. The van der Waals surface area contributed by atoms with E-state index in [1.54, 1.807) is 23.1 Å². The molecule has 0 radical (unpaired) electrons. The van der Waals surface area contributed by atoms with E-state index in [0.717, 1.165) is 0 Å². The van der Waals surface area contributed by atoms with Gasteiger partial charge in [0.25, 0.3) is 0 Å². The number of carbonyl (C=O) groups is 2. The first-order valence-corrected chi connectivity index (χ1v) is 4.87. The Balaban J connectivity index is 2.15. The van der Waals surface area contributed by atoms with Gasteiger partial charge < -0.3 is 5.32 Å². The highest BCUT2D eigenvalue weighted by atomic mass is 35.5. The molecule has 1 heterocycles. The number of aromatic nitrogens is 2. The second-order valence-corrected chi connectivity index (χ2v) is 2.97. The molecule has 3 amide bonds. The number of imide groups is 1. The summed E-state index contributed by atoms with van der Waals surface area (Å²) in [5.41, 5.74) is 0. The molecule has 6 nitrogen and oxygen atoms in total. The van der Waals surface area contributed by atoms with Crippen LogP contribution >= 0.6 is 11.6 Å². The largest absolute Gasteiger partial charge is 0.336 e. The fourth-order valence-corrected chi connectivity index (χ4v) is 0.988. The van der Waals surface area contributed by atoms with Crippen LogP contribution in [0.15, 0.2) is 18.5 Å². The van der Waals surface area contributed by atoms with Gasteiger partial charge in [0.1, 0.15) is 5.88 Å². The van der Waals surface area contributed by atoms with Crippen molar-refractivity contribution in [3.05, 3.63) is 18.5 Å². The first-order chi connectivity index (χ1) is 7.22. The van der Waals surface area contributed by atoms with E-state index in [4.69, 9.17) is 11.6 Å². The molecule has 15 heavy (non-hydrogen) atoms. The molecule has 0 spiro atoms. The zero-order chi connectivity index (χ0) is 11.1. The molecular formula is C8H11ClN4O2. The van der Waals surface area contributed by atoms with Crippen LogP contribution in [-0.4, -0.2) is 34.1 Å². The van der Waals surface area contributed by atoms with Crippen molar-refractivity contribution in [3.63, 3.8) is 0 Å². The van der Waals surface area contributed by atoms with Crippen molar-refractivity contribution >= 4 is 23.5 Å². The molecule has 1 aromatic heterocycles. The standard InChI is InChI=1S/C8H11ClN4O2/c9-6-7(14)12-8(15)10-3-5-13-4-1-2-11-13/h1-2,4H,3,5-6H2,(H2,10,12,14,15). The number of hydrogen-bond acceptors (Lipinski definition) is 3. The van der Waals surface area contributed by atoms with E-state index >= 15 is 0 Å². The minimum atomic E-state index is -0.548. The summed E-state index contributed by atoms with van der Waals surface area (Å²) < 4.78 is 1.67. The summed E-state index contributed by atoms with van der Waals surface area (Å²) in [6, 6.07) is 1.24. The van der Waals surface area contributed by atoms with Crippen molar-refractivity contribution in [1.82, 2.24) is 20.4 Å². The lowest BCUT2D eigenvalue weighted by molar-refractivity contribution is -0.117.